The summed E-state index contributed by atoms with van der Waals surface area (Å²) < 4.78 is 2.76. The molecular weight excluding hydrogens is 303 g/mol. The molecule has 2 rings (SSSR count). The SMILES string of the molecule is CC(C)(C)c1ccc2sc(I)cc2c1. The second-order valence-electron chi connectivity index (χ2n) is 4.55. The minimum absolute atomic E-state index is 0.252. The average Bonchev–Trinajstić information content (AvgIpc) is 2.41. The first kappa shape index (κ1) is 10.4. The Morgan fingerprint density at radius 2 is 1.86 bits per heavy atom. The fourth-order valence-corrected chi connectivity index (χ4v) is 3.29. The molecule has 14 heavy (non-hydrogen) atoms. The molecule has 0 unspecified atom stereocenters. The monoisotopic (exact) mass is 316 g/mol. The Labute approximate surface area is 102 Å². The van der Waals surface area contributed by atoms with E-state index in [-0.39, 0.29) is 5.41 Å². The molecular formula is C12H13IS. The van der Waals surface area contributed by atoms with Crippen LogP contribution in [0.5, 0.6) is 0 Å². The Bertz CT molecular complexity index is 463. The van der Waals surface area contributed by atoms with Crippen molar-refractivity contribution in [1.29, 1.82) is 0 Å². The van der Waals surface area contributed by atoms with Crippen molar-refractivity contribution in [2.75, 3.05) is 0 Å². The van der Waals surface area contributed by atoms with E-state index in [0.29, 0.717) is 0 Å². The van der Waals surface area contributed by atoms with Gasteiger partial charge in [0.15, 0.2) is 0 Å². The van der Waals surface area contributed by atoms with Crippen molar-refractivity contribution >= 4 is 44.0 Å². The van der Waals surface area contributed by atoms with Gasteiger partial charge >= 0.3 is 0 Å². The first-order valence-electron chi connectivity index (χ1n) is 4.66. The number of thiophene rings is 1. The molecule has 0 saturated heterocycles. The molecule has 0 nitrogen and oxygen atoms in total. The lowest BCUT2D eigenvalue weighted by atomic mass is 9.87. The Morgan fingerprint density at radius 3 is 2.50 bits per heavy atom. The van der Waals surface area contributed by atoms with Crippen molar-refractivity contribution in [2.45, 2.75) is 26.2 Å². The van der Waals surface area contributed by atoms with E-state index >= 15 is 0 Å². The van der Waals surface area contributed by atoms with Crippen molar-refractivity contribution in [1.82, 2.24) is 0 Å². The third-order valence-corrected chi connectivity index (χ3v) is 4.23. The first-order chi connectivity index (χ1) is 6.47. The van der Waals surface area contributed by atoms with Crippen LogP contribution in [0.1, 0.15) is 26.3 Å². The Hall–Kier alpha value is -0.0900. The predicted molar refractivity (Wildman–Crippen MR) is 73.2 cm³/mol. The number of benzene rings is 1. The zero-order valence-corrected chi connectivity index (χ0v) is 11.6. The van der Waals surface area contributed by atoms with Crippen molar-refractivity contribution in [2.24, 2.45) is 0 Å². The summed E-state index contributed by atoms with van der Waals surface area (Å²) in [5, 5.41) is 1.38. The lowest BCUT2D eigenvalue weighted by Gasteiger charge is -2.18. The van der Waals surface area contributed by atoms with Crippen LogP contribution in [0.15, 0.2) is 24.3 Å². The molecule has 0 aliphatic carbocycles. The highest BCUT2D eigenvalue weighted by atomic mass is 127. The van der Waals surface area contributed by atoms with Crippen LogP contribution in [0.4, 0.5) is 0 Å². The van der Waals surface area contributed by atoms with Crippen LogP contribution in [-0.2, 0) is 5.41 Å². The molecule has 1 aromatic carbocycles. The van der Waals surface area contributed by atoms with E-state index in [0.717, 1.165) is 0 Å². The van der Waals surface area contributed by atoms with E-state index in [1.54, 1.807) is 0 Å². The van der Waals surface area contributed by atoms with E-state index in [2.05, 4.69) is 67.6 Å². The summed E-state index contributed by atoms with van der Waals surface area (Å²) in [6.45, 7) is 6.77. The molecule has 0 atom stereocenters. The quantitative estimate of drug-likeness (QED) is 0.612. The van der Waals surface area contributed by atoms with Crippen LogP contribution >= 0.6 is 33.9 Å². The van der Waals surface area contributed by atoms with E-state index in [4.69, 9.17) is 0 Å². The third-order valence-electron chi connectivity index (χ3n) is 2.35. The van der Waals surface area contributed by atoms with Crippen LogP contribution in [0, 0.1) is 2.88 Å². The largest absolute Gasteiger partial charge is 0.129 e. The molecule has 1 aromatic heterocycles. The summed E-state index contributed by atoms with van der Waals surface area (Å²) in [6, 6.07) is 9.06. The Balaban J connectivity index is 2.62. The highest BCUT2D eigenvalue weighted by molar-refractivity contribution is 14.1. The fraction of sp³-hybridized carbons (Fsp3) is 0.333. The second kappa shape index (κ2) is 3.49. The normalized spacial score (nSPS) is 12.3. The summed E-state index contributed by atoms with van der Waals surface area (Å²) in [4.78, 5) is 0. The van der Waals surface area contributed by atoms with Crippen molar-refractivity contribution in [3.8, 4) is 0 Å². The number of hydrogen-bond donors (Lipinski definition) is 0. The molecule has 0 spiro atoms. The average molecular weight is 316 g/mol. The summed E-state index contributed by atoms with van der Waals surface area (Å²) in [7, 11) is 0. The van der Waals surface area contributed by atoms with Gasteiger partial charge in [0.2, 0.25) is 0 Å². The summed E-state index contributed by atoms with van der Waals surface area (Å²) in [6.07, 6.45) is 0. The molecule has 1 heterocycles. The van der Waals surface area contributed by atoms with Crippen molar-refractivity contribution in [3.05, 3.63) is 32.7 Å². The molecule has 0 N–H and O–H groups in total. The third kappa shape index (κ3) is 1.96. The van der Waals surface area contributed by atoms with Gasteiger partial charge in [-0.25, -0.2) is 0 Å². The number of fused-ring (bicyclic) bond motifs is 1. The van der Waals surface area contributed by atoms with Gasteiger partial charge in [-0.3, -0.25) is 0 Å². The fourth-order valence-electron chi connectivity index (χ4n) is 1.48. The zero-order valence-electron chi connectivity index (χ0n) is 8.60. The van der Waals surface area contributed by atoms with Gasteiger partial charge in [0.05, 0.1) is 2.88 Å². The highest BCUT2D eigenvalue weighted by Gasteiger charge is 2.14. The Morgan fingerprint density at radius 1 is 1.14 bits per heavy atom. The van der Waals surface area contributed by atoms with Crippen molar-refractivity contribution < 1.29 is 0 Å². The molecule has 0 amide bonds. The second-order valence-corrected chi connectivity index (χ2v) is 7.53. The summed E-state index contributed by atoms with van der Waals surface area (Å²) >= 11 is 4.24. The topological polar surface area (TPSA) is 0 Å². The first-order valence-corrected chi connectivity index (χ1v) is 6.56. The maximum absolute atomic E-state index is 2.38. The number of hydrogen-bond acceptors (Lipinski definition) is 1. The van der Waals surface area contributed by atoms with Gasteiger partial charge < -0.3 is 0 Å². The molecule has 0 aliphatic rings. The van der Waals surface area contributed by atoms with E-state index in [9.17, 15) is 0 Å². The molecule has 0 fully saturated rings. The van der Waals surface area contributed by atoms with Crippen LogP contribution in [-0.4, -0.2) is 0 Å². The lowest BCUT2D eigenvalue weighted by molar-refractivity contribution is 0.591. The molecule has 2 aromatic rings. The summed E-state index contributed by atoms with van der Waals surface area (Å²) in [5.41, 5.74) is 1.67. The maximum Gasteiger partial charge on any atom is 0.0666 e. The molecule has 74 valence electrons. The van der Waals surface area contributed by atoms with Gasteiger partial charge in [-0.15, -0.1) is 11.3 Å². The predicted octanol–water partition coefficient (Wildman–Crippen LogP) is 4.80. The van der Waals surface area contributed by atoms with Crippen LogP contribution in [0.25, 0.3) is 10.1 Å². The van der Waals surface area contributed by atoms with Crippen LogP contribution in [0.2, 0.25) is 0 Å². The molecule has 0 aliphatic heterocycles. The van der Waals surface area contributed by atoms with E-state index in [1.807, 2.05) is 11.3 Å². The maximum atomic E-state index is 2.38. The highest BCUT2D eigenvalue weighted by Crippen LogP contribution is 2.31. The van der Waals surface area contributed by atoms with Crippen molar-refractivity contribution in [3.63, 3.8) is 0 Å². The smallest absolute Gasteiger partial charge is 0.0666 e. The lowest BCUT2D eigenvalue weighted by Crippen LogP contribution is -2.10. The van der Waals surface area contributed by atoms with Gasteiger partial charge in [0.25, 0.3) is 0 Å². The molecule has 0 bridgehead atoms. The van der Waals surface area contributed by atoms with Gasteiger partial charge in [-0.05, 0) is 57.2 Å². The molecule has 2 heteroatoms. The van der Waals surface area contributed by atoms with E-state index < -0.39 is 0 Å². The molecule has 0 radical (unpaired) electrons. The van der Waals surface area contributed by atoms with Crippen LogP contribution < -0.4 is 0 Å². The van der Waals surface area contributed by atoms with E-state index in [1.165, 1.54) is 18.5 Å². The van der Waals surface area contributed by atoms with Gasteiger partial charge in [0, 0.05) is 4.70 Å². The Kier molecular flexibility index (Phi) is 2.60. The van der Waals surface area contributed by atoms with Gasteiger partial charge in [-0.2, -0.15) is 0 Å². The van der Waals surface area contributed by atoms with Crippen LogP contribution in [0.3, 0.4) is 0 Å². The minimum Gasteiger partial charge on any atom is -0.129 e. The molecule has 0 saturated carbocycles. The van der Waals surface area contributed by atoms with Gasteiger partial charge in [0.1, 0.15) is 0 Å². The summed E-state index contributed by atoms with van der Waals surface area (Å²) in [5.74, 6) is 0. The minimum atomic E-state index is 0.252. The standard InChI is InChI=1S/C12H13IS/c1-12(2,3)9-4-5-10-8(6-9)7-11(13)14-10/h4-7H,1-3H3. The zero-order chi connectivity index (χ0) is 10.3. The number of rotatable bonds is 0. The number of halogens is 1. The van der Waals surface area contributed by atoms with Gasteiger partial charge in [-0.1, -0.05) is 26.8 Å².